The van der Waals surface area contributed by atoms with E-state index in [0.29, 0.717) is 10.6 Å². The molecule has 42 heavy (non-hydrogen) atoms. The van der Waals surface area contributed by atoms with Crippen LogP contribution in [0.25, 0.3) is 0 Å². The highest BCUT2D eigenvalue weighted by molar-refractivity contribution is 8.00. The maximum absolute atomic E-state index is 13.9. The van der Waals surface area contributed by atoms with E-state index in [-0.39, 0.29) is 36.1 Å². The van der Waals surface area contributed by atoms with Crippen LogP contribution in [0.15, 0.2) is 66.7 Å². The highest BCUT2D eigenvalue weighted by atomic mass is 35.5. The molecule has 0 aromatic heterocycles. The van der Waals surface area contributed by atoms with Crippen molar-refractivity contribution in [1.29, 1.82) is 0 Å². The molecule has 3 amide bonds. The van der Waals surface area contributed by atoms with Crippen LogP contribution in [0.3, 0.4) is 0 Å². The van der Waals surface area contributed by atoms with E-state index in [1.54, 1.807) is 25.1 Å². The quantitative estimate of drug-likeness (QED) is 0.286. The van der Waals surface area contributed by atoms with Gasteiger partial charge in [0.15, 0.2) is 6.10 Å². The van der Waals surface area contributed by atoms with Gasteiger partial charge in [-0.15, -0.1) is 11.8 Å². The van der Waals surface area contributed by atoms with E-state index in [1.165, 1.54) is 22.7 Å². The van der Waals surface area contributed by atoms with Gasteiger partial charge in [0.25, 0.3) is 11.8 Å². The number of carbonyl (C=O) groups is 3. The average Bonchev–Trinajstić information content (AvgIpc) is 3.28. The standard InChI is InChI=1S/C32H36ClN3O5S/c1-19-15-23(33)14-13-22(19)17-34-30(40)28-32(3,4)42-18-36(28)31(41)27(38)25(16-21-9-6-5-7-10-21)35-29(39)24-11-8-12-26(37)20(24)2/h5-15,25,27-28,37-38H,16-18H2,1-4H3,(H,34,40)(H,35,39)/t25-,27-,28?/m0/s1. The number of aryl methyl sites for hydroxylation is 1. The van der Waals surface area contributed by atoms with Crippen LogP contribution in [0.4, 0.5) is 0 Å². The zero-order valence-electron chi connectivity index (χ0n) is 24.1. The lowest BCUT2D eigenvalue weighted by Crippen LogP contribution is -2.58. The molecule has 0 spiro atoms. The molecule has 10 heteroatoms. The van der Waals surface area contributed by atoms with E-state index in [0.717, 1.165) is 16.7 Å². The zero-order chi connectivity index (χ0) is 30.6. The summed E-state index contributed by atoms with van der Waals surface area (Å²) in [6, 6.07) is 17.4. The van der Waals surface area contributed by atoms with Crippen molar-refractivity contribution in [1.82, 2.24) is 15.5 Å². The monoisotopic (exact) mass is 609 g/mol. The number of phenols is 1. The molecule has 1 heterocycles. The van der Waals surface area contributed by atoms with Gasteiger partial charge in [-0.2, -0.15) is 0 Å². The van der Waals surface area contributed by atoms with E-state index in [4.69, 9.17) is 11.6 Å². The number of aromatic hydroxyl groups is 1. The van der Waals surface area contributed by atoms with Gasteiger partial charge >= 0.3 is 0 Å². The van der Waals surface area contributed by atoms with Crippen molar-refractivity contribution in [3.05, 3.63) is 99.6 Å². The van der Waals surface area contributed by atoms with E-state index >= 15 is 0 Å². The zero-order valence-corrected chi connectivity index (χ0v) is 25.6. The van der Waals surface area contributed by atoms with Crippen molar-refractivity contribution in [2.75, 3.05) is 5.88 Å². The predicted octanol–water partition coefficient (Wildman–Crippen LogP) is 4.36. The minimum atomic E-state index is -1.63. The number of aliphatic hydroxyl groups is 1. The van der Waals surface area contributed by atoms with Gasteiger partial charge in [-0.1, -0.05) is 54.1 Å². The van der Waals surface area contributed by atoms with Gasteiger partial charge in [-0.3, -0.25) is 14.4 Å². The second-order valence-electron chi connectivity index (χ2n) is 11.0. The van der Waals surface area contributed by atoms with Crippen LogP contribution in [-0.2, 0) is 22.6 Å². The summed E-state index contributed by atoms with van der Waals surface area (Å²) in [5, 5.41) is 27.9. The Hall–Kier alpha value is -3.53. The molecular formula is C32H36ClN3O5S. The highest BCUT2D eigenvalue weighted by Gasteiger charge is 2.49. The average molecular weight is 610 g/mol. The first-order chi connectivity index (χ1) is 19.9. The number of carbonyl (C=O) groups excluding carboxylic acids is 3. The van der Waals surface area contributed by atoms with Crippen molar-refractivity contribution < 1.29 is 24.6 Å². The van der Waals surface area contributed by atoms with Crippen molar-refractivity contribution in [2.24, 2.45) is 0 Å². The summed E-state index contributed by atoms with van der Waals surface area (Å²) >= 11 is 7.51. The number of hydrogen-bond acceptors (Lipinski definition) is 6. The number of nitrogens with zero attached hydrogens (tertiary/aromatic N) is 1. The summed E-state index contributed by atoms with van der Waals surface area (Å²) in [6.45, 7) is 7.58. The summed E-state index contributed by atoms with van der Waals surface area (Å²) in [6.07, 6.45) is -1.45. The van der Waals surface area contributed by atoms with Crippen LogP contribution < -0.4 is 10.6 Å². The van der Waals surface area contributed by atoms with Crippen molar-refractivity contribution in [3.63, 3.8) is 0 Å². The molecule has 3 aromatic carbocycles. The van der Waals surface area contributed by atoms with Crippen LogP contribution >= 0.6 is 23.4 Å². The Bertz CT molecular complexity index is 1470. The number of nitrogens with one attached hydrogen (secondary N) is 2. The number of thioether (sulfide) groups is 1. The Kier molecular flexibility index (Phi) is 9.86. The van der Waals surface area contributed by atoms with Crippen LogP contribution in [-0.4, -0.2) is 61.6 Å². The second kappa shape index (κ2) is 13.2. The SMILES string of the molecule is Cc1cc(Cl)ccc1CNC(=O)C1N(C(=O)[C@@H](O)[C@H](Cc2ccccc2)NC(=O)c2cccc(O)c2C)CSC1(C)C. The van der Waals surface area contributed by atoms with Crippen molar-refractivity contribution in [2.45, 2.75) is 63.6 Å². The smallest absolute Gasteiger partial charge is 0.254 e. The number of halogens is 1. The highest BCUT2D eigenvalue weighted by Crippen LogP contribution is 2.40. The fourth-order valence-electron chi connectivity index (χ4n) is 5.12. The molecule has 3 atom stereocenters. The van der Waals surface area contributed by atoms with Crippen LogP contribution in [0.1, 0.15) is 46.5 Å². The van der Waals surface area contributed by atoms with Crippen molar-refractivity contribution >= 4 is 41.1 Å². The third-order valence-corrected chi connectivity index (χ3v) is 9.24. The van der Waals surface area contributed by atoms with E-state index in [2.05, 4.69) is 10.6 Å². The number of phenolic OH excluding ortho intramolecular Hbond substituents is 1. The van der Waals surface area contributed by atoms with Gasteiger partial charge in [-0.05, 0) is 75.1 Å². The largest absolute Gasteiger partial charge is 0.508 e. The van der Waals surface area contributed by atoms with Gasteiger partial charge < -0.3 is 25.7 Å². The Morgan fingerprint density at radius 2 is 1.79 bits per heavy atom. The molecule has 3 aromatic rings. The lowest BCUT2D eigenvalue weighted by molar-refractivity contribution is -0.147. The molecule has 1 unspecified atom stereocenters. The number of amides is 3. The summed E-state index contributed by atoms with van der Waals surface area (Å²) in [5.74, 6) is -1.33. The molecule has 4 N–H and O–H groups in total. The van der Waals surface area contributed by atoms with Crippen LogP contribution in [0.2, 0.25) is 5.02 Å². The van der Waals surface area contributed by atoms with Crippen molar-refractivity contribution in [3.8, 4) is 5.75 Å². The maximum Gasteiger partial charge on any atom is 0.254 e. The summed E-state index contributed by atoms with van der Waals surface area (Å²) in [4.78, 5) is 42.1. The fraction of sp³-hybridized carbons (Fsp3) is 0.344. The molecule has 0 bridgehead atoms. The van der Waals surface area contributed by atoms with Gasteiger partial charge in [0.05, 0.1) is 11.9 Å². The topological polar surface area (TPSA) is 119 Å². The summed E-state index contributed by atoms with van der Waals surface area (Å²) < 4.78 is -0.620. The molecular weight excluding hydrogens is 574 g/mol. The first kappa shape index (κ1) is 31.4. The van der Waals surface area contributed by atoms with E-state index in [1.807, 2.05) is 63.2 Å². The summed E-state index contributed by atoms with van der Waals surface area (Å²) in [5.41, 5.74) is 3.28. The van der Waals surface area contributed by atoms with Gasteiger partial charge in [0.2, 0.25) is 5.91 Å². The molecule has 222 valence electrons. The molecule has 0 aliphatic carbocycles. The Balaban J connectivity index is 1.56. The number of aliphatic hydroxyl groups excluding tert-OH is 1. The number of benzene rings is 3. The first-order valence-electron chi connectivity index (χ1n) is 13.7. The fourth-order valence-corrected chi connectivity index (χ4v) is 6.48. The molecule has 1 aliphatic heterocycles. The molecule has 8 nitrogen and oxygen atoms in total. The maximum atomic E-state index is 13.9. The molecule has 1 aliphatic rings. The van der Waals surface area contributed by atoms with Crippen LogP contribution in [0, 0.1) is 13.8 Å². The third kappa shape index (κ3) is 7.09. The predicted molar refractivity (Wildman–Crippen MR) is 165 cm³/mol. The van der Waals surface area contributed by atoms with Crippen LogP contribution in [0.5, 0.6) is 5.75 Å². The van der Waals surface area contributed by atoms with Gasteiger partial charge in [0, 0.05) is 27.4 Å². The second-order valence-corrected chi connectivity index (χ2v) is 13.1. The van der Waals surface area contributed by atoms with E-state index < -0.39 is 34.7 Å². The number of hydrogen-bond donors (Lipinski definition) is 4. The normalized spacial score (nSPS) is 17.4. The minimum absolute atomic E-state index is 0.0298. The Morgan fingerprint density at radius 3 is 2.48 bits per heavy atom. The third-order valence-electron chi connectivity index (χ3n) is 7.63. The molecule has 4 rings (SSSR count). The molecule has 1 saturated heterocycles. The lowest BCUT2D eigenvalue weighted by Gasteiger charge is -2.33. The minimum Gasteiger partial charge on any atom is -0.508 e. The van der Waals surface area contributed by atoms with Gasteiger partial charge in [0.1, 0.15) is 11.8 Å². The Labute approximate surface area is 255 Å². The summed E-state index contributed by atoms with van der Waals surface area (Å²) in [7, 11) is 0. The Morgan fingerprint density at radius 1 is 1.07 bits per heavy atom. The molecule has 1 fully saturated rings. The van der Waals surface area contributed by atoms with E-state index in [9.17, 15) is 24.6 Å². The first-order valence-corrected chi connectivity index (χ1v) is 15.0. The lowest BCUT2D eigenvalue weighted by atomic mass is 9.96. The van der Waals surface area contributed by atoms with Gasteiger partial charge in [-0.25, -0.2) is 0 Å². The molecule has 0 saturated carbocycles. The number of rotatable bonds is 9. The molecule has 0 radical (unpaired) electrons.